The molecule has 2 heterocycles. The van der Waals surface area contributed by atoms with Gasteiger partial charge in [0.15, 0.2) is 5.60 Å². The van der Waals surface area contributed by atoms with Crippen LogP contribution in [0.5, 0.6) is 5.75 Å². The maximum atomic E-state index is 12.7. The minimum absolute atomic E-state index is 0.293. The van der Waals surface area contributed by atoms with Crippen LogP contribution in [0, 0.1) is 13.8 Å². The lowest BCUT2D eigenvalue weighted by molar-refractivity contribution is -0.158. The van der Waals surface area contributed by atoms with E-state index < -0.39 is 23.6 Å². The normalized spacial score (nSPS) is 15.4. The molecule has 0 unspecified atom stereocenters. The molecule has 0 atom stereocenters. The van der Waals surface area contributed by atoms with Crippen molar-refractivity contribution >= 4 is 11.7 Å². The highest BCUT2D eigenvalue weighted by molar-refractivity contribution is 5.79. The molecule has 0 saturated carbocycles. The molecule has 1 aromatic carbocycles. The highest BCUT2D eigenvalue weighted by Gasteiger charge is 2.35. The van der Waals surface area contributed by atoms with Gasteiger partial charge in [0.05, 0.1) is 24.7 Å². The number of nitrogens with zero attached hydrogens (tertiary/aromatic N) is 4. The molecule has 0 radical (unpaired) electrons. The molecule has 0 aliphatic carbocycles. The van der Waals surface area contributed by atoms with Crippen molar-refractivity contribution in [2.75, 3.05) is 37.7 Å². The summed E-state index contributed by atoms with van der Waals surface area (Å²) in [6.45, 7) is 12.9. The average Bonchev–Trinajstić information content (AvgIpc) is 2.76. The van der Waals surface area contributed by atoms with Crippen molar-refractivity contribution in [1.82, 2.24) is 14.9 Å². The topological polar surface area (TPSA) is 67.8 Å². The molecule has 0 bridgehead atoms. The summed E-state index contributed by atoms with van der Waals surface area (Å²) in [5.41, 5.74) is 2.50. The first-order chi connectivity index (χ1) is 15.9. The molecule has 0 amide bonds. The number of alkyl halides is 3. The Kier molecular flexibility index (Phi) is 7.70. The quantitative estimate of drug-likeness (QED) is 0.552. The number of esters is 1. The van der Waals surface area contributed by atoms with Gasteiger partial charge in [0.1, 0.15) is 5.75 Å². The fourth-order valence-corrected chi connectivity index (χ4v) is 3.95. The van der Waals surface area contributed by atoms with Crippen LogP contribution in [0.4, 0.5) is 18.9 Å². The predicted octanol–water partition coefficient (Wildman–Crippen LogP) is 4.15. The molecule has 0 spiro atoms. The summed E-state index contributed by atoms with van der Waals surface area (Å²) in [5, 5.41) is 0. The lowest BCUT2D eigenvalue weighted by atomic mass is 10.0. The number of aromatic nitrogens is 2. The SMILES string of the molecule is CCOC(=O)C(C)(C)Oc1c(C)cc(CN2CCN(c3cnc(C(F)(F)F)nc3)CC2)cc1C. The van der Waals surface area contributed by atoms with E-state index in [1.54, 1.807) is 20.8 Å². The molecule has 186 valence electrons. The molecular formula is C24H31F3N4O3. The van der Waals surface area contributed by atoms with E-state index in [-0.39, 0.29) is 0 Å². The number of piperazine rings is 1. The van der Waals surface area contributed by atoms with Gasteiger partial charge in [-0.05, 0) is 51.3 Å². The molecule has 10 heteroatoms. The number of ether oxygens (including phenoxy) is 2. The maximum Gasteiger partial charge on any atom is 0.451 e. The van der Waals surface area contributed by atoms with Gasteiger partial charge < -0.3 is 14.4 Å². The summed E-state index contributed by atoms with van der Waals surface area (Å²) in [5.74, 6) is -0.859. The average molecular weight is 481 g/mol. The Bertz CT molecular complexity index is 979. The first-order valence-electron chi connectivity index (χ1n) is 11.2. The standard InChI is InChI=1S/C24H31F3N4O3/c1-6-33-22(32)23(4,5)34-20-16(2)11-18(12-17(20)3)15-30-7-9-31(10-8-30)19-13-28-21(29-14-19)24(25,26)27/h11-14H,6-10,15H2,1-5H3. The summed E-state index contributed by atoms with van der Waals surface area (Å²) >= 11 is 0. The second-order valence-electron chi connectivity index (χ2n) is 8.92. The summed E-state index contributed by atoms with van der Waals surface area (Å²) in [6.07, 6.45) is -2.08. The van der Waals surface area contributed by atoms with Crippen molar-refractivity contribution in [1.29, 1.82) is 0 Å². The van der Waals surface area contributed by atoms with Gasteiger partial charge in [-0.1, -0.05) is 12.1 Å². The lowest BCUT2D eigenvalue weighted by Gasteiger charge is -2.36. The van der Waals surface area contributed by atoms with E-state index in [1.807, 2.05) is 18.7 Å². The molecule has 1 aromatic heterocycles. The van der Waals surface area contributed by atoms with Gasteiger partial charge in [0.25, 0.3) is 0 Å². The molecule has 3 rings (SSSR count). The number of anilines is 1. The van der Waals surface area contributed by atoms with Crippen LogP contribution in [0.1, 0.15) is 43.3 Å². The van der Waals surface area contributed by atoms with Crippen molar-refractivity contribution in [3.63, 3.8) is 0 Å². The number of carbonyl (C=O) groups is 1. The van der Waals surface area contributed by atoms with E-state index in [0.29, 0.717) is 31.1 Å². The molecule has 34 heavy (non-hydrogen) atoms. The number of aryl methyl sites for hydroxylation is 2. The van der Waals surface area contributed by atoms with Gasteiger partial charge in [0.2, 0.25) is 5.82 Å². The molecule has 7 nitrogen and oxygen atoms in total. The van der Waals surface area contributed by atoms with Crippen LogP contribution in [-0.4, -0.2) is 59.2 Å². The van der Waals surface area contributed by atoms with Crippen LogP contribution in [0.3, 0.4) is 0 Å². The molecule has 1 aliphatic rings. The van der Waals surface area contributed by atoms with Gasteiger partial charge in [-0.25, -0.2) is 14.8 Å². The van der Waals surface area contributed by atoms with E-state index in [9.17, 15) is 18.0 Å². The third-order valence-electron chi connectivity index (χ3n) is 5.68. The first kappa shape index (κ1) is 25.7. The molecule has 0 N–H and O–H groups in total. The highest BCUT2D eigenvalue weighted by atomic mass is 19.4. The van der Waals surface area contributed by atoms with Crippen LogP contribution in [-0.2, 0) is 22.3 Å². The van der Waals surface area contributed by atoms with Crippen LogP contribution in [0.25, 0.3) is 0 Å². The highest BCUT2D eigenvalue weighted by Crippen LogP contribution is 2.30. The Morgan fingerprint density at radius 1 is 1.03 bits per heavy atom. The summed E-state index contributed by atoms with van der Waals surface area (Å²) in [6, 6.07) is 4.11. The zero-order valence-corrected chi connectivity index (χ0v) is 20.2. The van der Waals surface area contributed by atoms with Gasteiger partial charge in [0, 0.05) is 32.7 Å². The Hall–Kier alpha value is -2.88. The van der Waals surface area contributed by atoms with Gasteiger partial charge in [-0.3, -0.25) is 4.90 Å². The van der Waals surface area contributed by atoms with Gasteiger partial charge in [-0.15, -0.1) is 0 Å². The van der Waals surface area contributed by atoms with Crippen molar-refractivity contribution in [3.05, 3.63) is 47.0 Å². The smallest absolute Gasteiger partial charge is 0.451 e. The van der Waals surface area contributed by atoms with E-state index in [2.05, 4.69) is 27.0 Å². The molecule has 2 aromatic rings. The number of hydrogen-bond acceptors (Lipinski definition) is 7. The summed E-state index contributed by atoms with van der Waals surface area (Å²) in [4.78, 5) is 23.4. The van der Waals surface area contributed by atoms with Gasteiger partial charge >= 0.3 is 12.1 Å². The van der Waals surface area contributed by atoms with E-state index in [1.165, 1.54) is 12.4 Å². The van der Waals surface area contributed by atoms with Crippen molar-refractivity contribution < 1.29 is 27.4 Å². The summed E-state index contributed by atoms with van der Waals surface area (Å²) < 4.78 is 49.2. The molecular weight excluding hydrogens is 449 g/mol. The summed E-state index contributed by atoms with van der Waals surface area (Å²) in [7, 11) is 0. The van der Waals surface area contributed by atoms with E-state index in [4.69, 9.17) is 9.47 Å². The molecule has 1 aliphatic heterocycles. The Morgan fingerprint density at radius 3 is 2.09 bits per heavy atom. The zero-order valence-electron chi connectivity index (χ0n) is 20.2. The Morgan fingerprint density at radius 2 is 1.59 bits per heavy atom. The third kappa shape index (κ3) is 6.16. The minimum atomic E-state index is -4.54. The number of benzene rings is 1. The van der Waals surface area contributed by atoms with Crippen LogP contribution >= 0.6 is 0 Å². The largest absolute Gasteiger partial charge is 0.476 e. The Labute approximate surface area is 197 Å². The number of hydrogen-bond donors (Lipinski definition) is 0. The van der Waals surface area contributed by atoms with Crippen LogP contribution < -0.4 is 9.64 Å². The number of halogens is 3. The van der Waals surface area contributed by atoms with Crippen LogP contribution in [0.2, 0.25) is 0 Å². The monoisotopic (exact) mass is 480 g/mol. The van der Waals surface area contributed by atoms with Crippen molar-refractivity contribution in [2.24, 2.45) is 0 Å². The lowest BCUT2D eigenvalue weighted by Crippen LogP contribution is -2.46. The van der Waals surface area contributed by atoms with Crippen molar-refractivity contribution in [2.45, 2.75) is 52.9 Å². The van der Waals surface area contributed by atoms with Gasteiger partial charge in [-0.2, -0.15) is 13.2 Å². The zero-order chi connectivity index (χ0) is 25.1. The molecule has 1 saturated heterocycles. The van der Waals surface area contributed by atoms with Crippen LogP contribution in [0.15, 0.2) is 24.5 Å². The maximum absolute atomic E-state index is 12.7. The third-order valence-corrected chi connectivity index (χ3v) is 5.68. The molecule has 1 fully saturated rings. The van der Waals surface area contributed by atoms with Crippen molar-refractivity contribution in [3.8, 4) is 5.75 Å². The Balaban J connectivity index is 1.60. The number of carbonyl (C=O) groups excluding carboxylic acids is 1. The second-order valence-corrected chi connectivity index (χ2v) is 8.92. The predicted molar refractivity (Wildman–Crippen MR) is 122 cm³/mol. The van der Waals surface area contributed by atoms with E-state index >= 15 is 0 Å². The fraction of sp³-hybridized carbons (Fsp3) is 0.542. The second kappa shape index (κ2) is 10.2. The number of rotatable bonds is 7. The minimum Gasteiger partial charge on any atom is -0.476 e. The fourth-order valence-electron chi connectivity index (χ4n) is 3.95. The first-order valence-corrected chi connectivity index (χ1v) is 11.2. The van der Waals surface area contributed by atoms with E-state index in [0.717, 1.165) is 36.3 Å².